The van der Waals surface area contributed by atoms with E-state index in [2.05, 4.69) is 0 Å². The van der Waals surface area contributed by atoms with Gasteiger partial charge in [0.2, 0.25) is 0 Å². The summed E-state index contributed by atoms with van der Waals surface area (Å²) in [6.45, 7) is 0. The minimum Gasteiger partial charge on any atom is -0.478 e. The van der Waals surface area contributed by atoms with Crippen molar-refractivity contribution in [1.82, 2.24) is 4.57 Å². The Labute approximate surface area is 113 Å². The first-order valence-corrected chi connectivity index (χ1v) is 5.43. The zero-order valence-electron chi connectivity index (χ0n) is 10.1. The van der Waals surface area contributed by atoms with Crippen molar-refractivity contribution in [2.45, 2.75) is 0 Å². The molecule has 20 heavy (non-hydrogen) atoms. The van der Waals surface area contributed by atoms with Crippen LogP contribution >= 0.6 is 0 Å². The maximum Gasteiger partial charge on any atom is 0.355 e. The van der Waals surface area contributed by atoms with Crippen molar-refractivity contribution < 1.29 is 19.8 Å². The number of aromatic nitrogens is 1. The SMILES string of the molecule is N#Cc1cccc(-n2cc(C(=O)O)c(N)c2C(=O)O)c1. The van der Waals surface area contributed by atoms with Gasteiger partial charge in [-0.2, -0.15) is 5.26 Å². The molecular weight excluding hydrogens is 262 g/mol. The van der Waals surface area contributed by atoms with E-state index < -0.39 is 11.9 Å². The average Bonchev–Trinajstić information content (AvgIpc) is 2.76. The maximum atomic E-state index is 11.2. The molecule has 1 heterocycles. The second-order valence-electron chi connectivity index (χ2n) is 3.95. The largest absolute Gasteiger partial charge is 0.478 e. The molecule has 7 nitrogen and oxygen atoms in total. The first kappa shape index (κ1) is 13.2. The number of carbonyl (C=O) groups is 2. The Balaban J connectivity index is 2.73. The zero-order chi connectivity index (χ0) is 14.9. The molecule has 100 valence electrons. The number of carboxylic acid groups (broad SMARTS) is 2. The Kier molecular flexibility index (Phi) is 3.15. The lowest BCUT2D eigenvalue weighted by Gasteiger charge is -2.06. The van der Waals surface area contributed by atoms with E-state index in [9.17, 15) is 14.7 Å². The van der Waals surface area contributed by atoms with Gasteiger partial charge in [-0.15, -0.1) is 0 Å². The highest BCUT2D eigenvalue weighted by Crippen LogP contribution is 2.24. The summed E-state index contributed by atoms with van der Waals surface area (Å²) >= 11 is 0. The maximum absolute atomic E-state index is 11.2. The Morgan fingerprint density at radius 2 is 1.95 bits per heavy atom. The Hall–Kier alpha value is -3.27. The molecule has 0 amide bonds. The molecule has 0 saturated carbocycles. The number of nitrogens with two attached hydrogens (primary N) is 1. The number of hydrogen-bond donors (Lipinski definition) is 3. The fraction of sp³-hybridized carbons (Fsp3) is 0. The number of hydrogen-bond acceptors (Lipinski definition) is 4. The second kappa shape index (κ2) is 4.78. The normalized spacial score (nSPS) is 9.95. The Morgan fingerprint density at radius 3 is 2.50 bits per heavy atom. The van der Waals surface area contributed by atoms with Crippen LogP contribution in [0.4, 0.5) is 5.69 Å². The summed E-state index contributed by atoms with van der Waals surface area (Å²) in [5.41, 5.74) is 5.26. The molecule has 0 bridgehead atoms. The van der Waals surface area contributed by atoms with Gasteiger partial charge in [0.25, 0.3) is 0 Å². The number of rotatable bonds is 3. The third kappa shape index (κ3) is 2.06. The monoisotopic (exact) mass is 271 g/mol. The van der Waals surface area contributed by atoms with Crippen LogP contribution < -0.4 is 5.73 Å². The van der Waals surface area contributed by atoms with Crippen LogP contribution in [-0.4, -0.2) is 26.7 Å². The van der Waals surface area contributed by atoms with Crippen LogP contribution in [0.1, 0.15) is 26.4 Å². The Bertz CT molecular complexity index is 755. The lowest BCUT2D eigenvalue weighted by Crippen LogP contribution is -2.09. The molecule has 1 aromatic heterocycles. The number of carboxylic acids is 2. The third-order valence-corrected chi connectivity index (χ3v) is 2.73. The number of nitrogens with zero attached hydrogens (tertiary/aromatic N) is 2. The van der Waals surface area contributed by atoms with Crippen molar-refractivity contribution >= 4 is 17.6 Å². The highest BCUT2D eigenvalue weighted by Gasteiger charge is 2.23. The van der Waals surface area contributed by atoms with E-state index in [1.165, 1.54) is 6.07 Å². The van der Waals surface area contributed by atoms with Gasteiger partial charge in [0.05, 0.1) is 17.3 Å². The fourth-order valence-electron chi connectivity index (χ4n) is 1.84. The van der Waals surface area contributed by atoms with E-state index in [4.69, 9.17) is 16.1 Å². The molecule has 0 aliphatic heterocycles. The molecule has 0 saturated heterocycles. The summed E-state index contributed by atoms with van der Waals surface area (Å²) < 4.78 is 1.14. The smallest absolute Gasteiger partial charge is 0.355 e. The molecule has 0 atom stereocenters. The van der Waals surface area contributed by atoms with Crippen molar-refractivity contribution in [3.8, 4) is 11.8 Å². The van der Waals surface area contributed by atoms with Gasteiger partial charge in [-0.05, 0) is 18.2 Å². The molecule has 4 N–H and O–H groups in total. The minimum absolute atomic E-state index is 0.301. The molecule has 0 fully saturated rings. The molecular formula is C13H9N3O4. The van der Waals surface area contributed by atoms with Crippen LogP contribution in [0.2, 0.25) is 0 Å². The zero-order valence-corrected chi connectivity index (χ0v) is 10.1. The van der Waals surface area contributed by atoms with Crippen LogP contribution in [0, 0.1) is 11.3 Å². The summed E-state index contributed by atoms with van der Waals surface area (Å²) in [4.78, 5) is 22.3. The number of nitrogen functional groups attached to an aromatic ring is 1. The topological polar surface area (TPSA) is 129 Å². The van der Waals surface area contributed by atoms with Crippen LogP contribution in [0.25, 0.3) is 5.69 Å². The van der Waals surface area contributed by atoms with Gasteiger partial charge in [-0.25, -0.2) is 9.59 Å². The lowest BCUT2D eigenvalue weighted by atomic mass is 10.2. The van der Waals surface area contributed by atoms with E-state index in [-0.39, 0.29) is 16.9 Å². The first-order chi connectivity index (χ1) is 9.45. The molecule has 0 unspecified atom stereocenters. The number of benzene rings is 1. The summed E-state index contributed by atoms with van der Waals surface area (Å²) in [5.74, 6) is -2.67. The summed E-state index contributed by atoms with van der Waals surface area (Å²) in [6, 6.07) is 8.03. The van der Waals surface area contributed by atoms with Gasteiger partial charge < -0.3 is 20.5 Å². The van der Waals surface area contributed by atoms with Crippen LogP contribution in [-0.2, 0) is 0 Å². The van der Waals surface area contributed by atoms with Crippen LogP contribution in [0.15, 0.2) is 30.5 Å². The second-order valence-corrected chi connectivity index (χ2v) is 3.95. The van der Waals surface area contributed by atoms with Gasteiger partial charge in [0, 0.05) is 11.9 Å². The van der Waals surface area contributed by atoms with Crippen molar-refractivity contribution in [1.29, 1.82) is 5.26 Å². The third-order valence-electron chi connectivity index (χ3n) is 2.73. The van der Waals surface area contributed by atoms with E-state index >= 15 is 0 Å². The first-order valence-electron chi connectivity index (χ1n) is 5.43. The van der Waals surface area contributed by atoms with Gasteiger partial charge in [-0.3, -0.25) is 0 Å². The highest BCUT2D eigenvalue weighted by molar-refractivity contribution is 6.02. The molecule has 0 aliphatic rings. The van der Waals surface area contributed by atoms with Gasteiger partial charge in [-0.1, -0.05) is 6.07 Å². The molecule has 2 aromatic rings. The van der Waals surface area contributed by atoms with Crippen molar-refractivity contribution in [3.63, 3.8) is 0 Å². The van der Waals surface area contributed by atoms with E-state index in [0.717, 1.165) is 10.8 Å². The standard InChI is InChI=1S/C13H9N3O4/c14-5-7-2-1-3-8(4-7)16-6-9(12(17)18)10(15)11(16)13(19)20/h1-4,6H,15H2,(H,17,18)(H,19,20). The fourth-order valence-corrected chi connectivity index (χ4v) is 1.84. The summed E-state index contributed by atoms with van der Waals surface area (Å²) in [5, 5.41) is 27.0. The molecule has 0 spiro atoms. The van der Waals surface area contributed by atoms with Crippen LogP contribution in [0.5, 0.6) is 0 Å². The predicted octanol–water partition coefficient (Wildman–Crippen LogP) is 1.33. The minimum atomic E-state index is -1.35. The summed E-state index contributed by atoms with van der Waals surface area (Å²) in [7, 11) is 0. The van der Waals surface area contributed by atoms with Gasteiger partial charge in [0.15, 0.2) is 5.69 Å². The molecule has 0 aliphatic carbocycles. The van der Waals surface area contributed by atoms with Crippen molar-refractivity contribution in [2.24, 2.45) is 0 Å². The highest BCUT2D eigenvalue weighted by atomic mass is 16.4. The lowest BCUT2D eigenvalue weighted by molar-refractivity contribution is 0.0685. The molecule has 0 radical (unpaired) electrons. The number of anilines is 1. The van der Waals surface area contributed by atoms with Crippen LogP contribution in [0.3, 0.4) is 0 Å². The molecule has 1 aromatic carbocycles. The number of aromatic carboxylic acids is 2. The average molecular weight is 271 g/mol. The molecule has 7 heteroatoms. The Morgan fingerprint density at radius 1 is 1.25 bits per heavy atom. The molecule has 2 rings (SSSR count). The summed E-state index contributed by atoms with van der Waals surface area (Å²) in [6.07, 6.45) is 1.12. The quantitative estimate of drug-likeness (QED) is 0.772. The van der Waals surface area contributed by atoms with Crippen molar-refractivity contribution in [3.05, 3.63) is 47.3 Å². The number of nitriles is 1. The van der Waals surface area contributed by atoms with Crippen molar-refractivity contribution in [2.75, 3.05) is 5.73 Å². The van der Waals surface area contributed by atoms with Gasteiger partial charge in [0.1, 0.15) is 5.56 Å². The van der Waals surface area contributed by atoms with Gasteiger partial charge >= 0.3 is 11.9 Å². The van der Waals surface area contributed by atoms with E-state index in [0.29, 0.717) is 11.3 Å². The van der Waals surface area contributed by atoms with E-state index in [1.54, 1.807) is 18.2 Å². The van der Waals surface area contributed by atoms with E-state index in [1.807, 2.05) is 6.07 Å². The predicted molar refractivity (Wildman–Crippen MR) is 68.8 cm³/mol.